The molecule has 4 rings (SSSR count). The highest BCUT2D eigenvalue weighted by molar-refractivity contribution is 5.32. The van der Waals surface area contributed by atoms with Gasteiger partial charge in [0, 0.05) is 51.5 Å². The number of anilines is 1. The van der Waals surface area contributed by atoms with Gasteiger partial charge in [0.05, 0.1) is 12.1 Å². The molecule has 1 fully saturated rings. The lowest BCUT2D eigenvalue weighted by atomic mass is 10.0. The molecule has 1 aliphatic heterocycles. The Balaban J connectivity index is 1.23. The Morgan fingerprint density at radius 1 is 1.14 bits per heavy atom. The second-order valence-corrected chi connectivity index (χ2v) is 7.44. The minimum absolute atomic E-state index is 0.440. The lowest BCUT2D eigenvalue weighted by Gasteiger charge is -2.24. The van der Waals surface area contributed by atoms with Crippen molar-refractivity contribution < 1.29 is 9.84 Å². The van der Waals surface area contributed by atoms with Crippen molar-refractivity contribution in [2.24, 2.45) is 7.05 Å². The minimum Gasteiger partial charge on any atom is -0.486 e. The Kier molecular flexibility index (Phi) is 5.73. The number of aryl methyl sites for hydroxylation is 1. The van der Waals surface area contributed by atoms with Crippen LogP contribution in [0.15, 0.2) is 55.1 Å². The molecular weight excluding hydrogens is 368 g/mol. The summed E-state index contributed by atoms with van der Waals surface area (Å²) >= 11 is 0. The number of aromatic nitrogens is 4. The molecule has 8 nitrogen and oxygen atoms in total. The summed E-state index contributed by atoms with van der Waals surface area (Å²) in [6.45, 7) is 2.93. The van der Waals surface area contributed by atoms with Crippen molar-refractivity contribution in [3.63, 3.8) is 0 Å². The summed E-state index contributed by atoms with van der Waals surface area (Å²) in [6.07, 6.45) is 7.80. The van der Waals surface area contributed by atoms with Crippen molar-refractivity contribution in [1.29, 1.82) is 0 Å². The SMILES string of the molecule is Cn1ccnc1COc1ccc(CNCC2(O)CCN(c3ncccn3)C2)cc1. The Morgan fingerprint density at radius 3 is 2.66 bits per heavy atom. The van der Waals surface area contributed by atoms with E-state index in [0.717, 1.165) is 23.7 Å². The number of hydrogen-bond acceptors (Lipinski definition) is 7. The molecule has 0 spiro atoms. The van der Waals surface area contributed by atoms with Crippen LogP contribution in [0.2, 0.25) is 0 Å². The first kappa shape index (κ1) is 19.4. The van der Waals surface area contributed by atoms with E-state index in [1.165, 1.54) is 0 Å². The molecule has 2 N–H and O–H groups in total. The minimum atomic E-state index is -0.773. The number of rotatable bonds is 8. The van der Waals surface area contributed by atoms with Gasteiger partial charge < -0.3 is 24.6 Å². The van der Waals surface area contributed by atoms with Crippen LogP contribution < -0.4 is 15.0 Å². The van der Waals surface area contributed by atoms with Crippen LogP contribution in [0.4, 0.5) is 5.95 Å². The van der Waals surface area contributed by atoms with Crippen LogP contribution in [0.25, 0.3) is 0 Å². The maximum absolute atomic E-state index is 10.8. The number of nitrogens with zero attached hydrogens (tertiary/aromatic N) is 5. The fourth-order valence-corrected chi connectivity index (χ4v) is 3.45. The van der Waals surface area contributed by atoms with E-state index >= 15 is 0 Å². The second kappa shape index (κ2) is 8.59. The molecule has 1 unspecified atom stereocenters. The molecule has 0 aliphatic carbocycles. The number of hydrogen-bond donors (Lipinski definition) is 2. The molecule has 152 valence electrons. The lowest BCUT2D eigenvalue weighted by Crippen LogP contribution is -2.43. The number of nitrogens with one attached hydrogen (secondary N) is 1. The average Bonchev–Trinajstić information content (AvgIpc) is 3.34. The molecule has 1 atom stereocenters. The quantitative estimate of drug-likeness (QED) is 0.599. The Labute approximate surface area is 170 Å². The molecule has 0 bridgehead atoms. The number of β-amino-alcohol motifs (C(OH)–C–C–N with tert-alkyl or cyclic N) is 1. The normalized spacial score (nSPS) is 18.9. The standard InChI is InChI=1S/C21H26N6O2/c1-26-12-10-23-19(26)14-29-18-5-3-17(4-6-18)13-22-15-21(28)7-11-27(16-21)20-24-8-2-9-25-20/h2-6,8-10,12,22,28H,7,11,13-16H2,1H3. The van der Waals surface area contributed by atoms with Gasteiger partial charge in [-0.2, -0.15) is 0 Å². The van der Waals surface area contributed by atoms with E-state index in [0.29, 0.717) is 38.6 Å². The average molecular weight is 394 g/mol. The van der Waals surface area contributed by atoms with Crippen molar-refractivity contribution in [1.82, 2.24) is 24.8 Å². The molecule has 2 aromatic heterocycles. The molecule has 0 amide bonds. The van der Waals surface area contributed by atoms with Crippen LogP contribution in [-0.2, 0) is 20.2 Å². The summed E-state index contributed by atoms with van der Waals surface area (Å²) in [6, 6.07) is 9.77. The van der Waals surface area contributed by atoms with Crippen LogP contribution in [0.5, 0.6) is 5.75 Å². The summed E-state index contributed by atoms with van der Waals surface area (Å²) in [5.41, 5.74) is 0.365. The number of aliphatic hydroxyl groups is 1. The van der Waals surface area contributed by atoms with E-state index in [2.05, 4.69) is 20.3 Å². The van der Waals surface area contributed by atoms with Gasteiger partial charge in [-0.05, 0) is 30.2 Å². The molecule has 1 aliphatic rings. The predicted octanol–water partition coefficient (Wildman–Crippen LogP) is 1.52. The second-order valence-electron chi connectivity index (χ2n) is 7.44. The highest BCUT2D eigenvalue weighted by Gasteiger charge is 2.36. The fraction of sp³-hybridized carbons (Fsp3) is 0.381. The van der Waals surface area contributed by atoms with Crippen LogP contribution >= 0.6 is 0 Å². The van der Waals surface area contributed by atoms with Gasteiger partial charge in [0.1, 0.15) is 18.2 Å². The van der Waals surface area contributed by atoms with Gasteiger partial charge in [-0.15, -0.1) is 0 Å². The Morgan fingerprint density at radius 2 is 1.93 bits per heavy atom. The first-order chi connectivity index (χ1) is 14.1. The van der Waals surface area contributed by atoms with Gasteiger partial charge in [0.25, 0.3) is 0 Å². The fourth-order valence-electron chi connectivity index (χ4n) is 3.45. The zero-order valence-corrected chi connectivity index (χ0v) is 16.5. The summed E-state index contributed by atoms with van der Waals surface area (Å²) < 4.78 is 7.72. The van der Waals surface area contributed by atoms with Crippen molar-refractivity contribution in [2.45, 2.75) is 25.2 Å². The van der Waals surface area contributed by atoms with Crippen LogP contribution in [0.1, 0.15) is 17.8 Å². The van der Waals surface area contributed by atoms with E-state index in [1.807, 2.05) is 47.0 Å². The van der Waals surface area contributed by atoms with Crippen LogP contribution in [0.3, 0.4) is 0 Å². The summed E-state index contributed by atoms with van der Waals surface area (Å²) in [5, 5.41) is 14.2. The third-order valence-electron chi connectivity index (χ3n) is 5.16. The Bertz CT molecular complexity index is 914. The molecule has 3 aromatic rings. The van der Waals surface area contributed by atoms with E-state index in [4.69, 9.17) is 4.74 Å². The maximum Gasteiger partial charge on any atom is 0.225 e. The molecule has 29 heavy (non-hydrogen) atoms. The monoisotopic (exact) mass is 394 g/mol. The zero-order chi connectivity index (χ0) is 20.1. The lowest BCUT2D eigenvalue weighted by molar-refractivity contribution is 0.0626. The van der Waals surface area contributed by atoms with Crippen LogP contribution in [-0.4, -0.2) is 49.9 Å². The van der Waals surface area contributed by atoms with Crippen molar-refractivity contribution in [3.05, 3.63) is 66.5 Å². The van der Waals surface area contributed by atoms with Crippen molar-refractivity contribution in [2.75, 3.05) is 24.5 Å². The molecule has 8 heteroatoms. The topological polar surface area (TPSA) is 88.3 Å². The maximum atomic E-state index is 10.8. The largest absolute Gasteiger partial charge is 0.486 e. The number of ether oxygens (including phenoxy) is 1. The molecule has 0 saturated carbocycles. The molecular formula is C21H26N6O2. The zero-order valence-electron chi connectivity index (χ0n) is 16.5. The Hall–Kier alpha value is -2.97. The molecule has 0 radical (unpaired) electrons. The van der Waals surface area contributed by atoms with E-state index < -0.39 is 5.60 Å². The molecule has 1 saturated heterocycles. The smallest absolute Gasteiger partial charge is 0.225 e. The van der Waals surface area contributed by atoms with Gasteiger partial charge in [-0.25, -0.2) is 15.0 Å². The first-order valence-electron chi connectivity index (χ1n) is 9.74. The van der Waals surface area contributed by atoms with E-state index in [1.54, 1.807) is 24.7 Å². The van der Waals surface area contributed by atoms with Crippen molar-refractivity contribution >= 4 is 5.95 Å². The van der Waals surface area contributed by atoms with E-state index in [9.17, 15) is 5.11 Å². The highest BCUT2D eigenvalue weighted by Crippen LogP contribution is 2.23. The van der Waals surface area contributed by atoms with Gasteiger partial charge in [0.15, 0.2) is 0 Å². The highest BCUT2D eigenvalue weighted by atomic mass is 16.5. The third-order valence-corrected chi connectivity index (χ3v) is 5.16. The van der Waals surface area contributed by atoms with Gasteiger partial charge in [-0.3, -0.25) is 0 Å². The van der Waals surface area contributed by atoms with Gasteiger partial charge in [0.2, 0.25) is 5.95 Å². The third kappa shape index (κ3) is 4.90. The van der Waals surface area contributed by atoms with Gasteiger partial charge >= 0.3 is 0 Å². The summed E-state index contributed by atoms with van der Waals surface area (Å²) in [5.74, 6) is 2.37. The number of imidazole rings is 1. The summed E-state index contributed by atoms with van der Waals surface area (Å²) in [7, 11) is 1.95. The summed E-state index contributed by atoms with van der Waals surface area (Å²) in [4.78, 5) is 14.8. The molecule has 3 heterocycles. The van der Waals surface area contributed by atoms with Crippen molar-refractivity contribution in [3.8, 4) is 5.75 Å². The van der Waals surface area contributed by atoms with Gasteiger partial charge in [-0.1, -0.05) is 12.1 Å². The van der Waals surface area contributed by atoms with Crippen LogP contribution in [0, 0.1) is 0 Å². The van der Waals surface area contributed by atoms with E-state index in [-0.39, 0.29) is 0 Å². The molecule has 1 aromatic carbocycles. The number of benzene rings is 1. The predicted molar refractivity (Wildman–Crippen MR) is 110 cm³/mol. The first-order valence-corrected chi connectivity index (χ1v) is 9.74.